The van der Waals surface area contributed by atoms with Crippen molar-refractivity contribution in [3.8, 4) is 0 Å². The summed E-state index contributed by atoms with van der Waals surface area (Å²) in [5.41, 5.74) is 28.9. The third-order valence-corrected chi connectivity index (χ3v) is 21.2. The van der Waals surface area contributed by atoms with Gasteiger partial charge in [0, 0.05) is 44.1 Å². The number of carboxylic acid groups (broad SMARTS) is 2. The lowest BCUT2D eigenvalue weighted by atomic mass is 9.96. The van der Waals surface area contributed by atoms with Crippen molar-refractivity contribution >= 4 is 116 Å². The summed E-state index contributed by atoms with van der Waals surface area (Å²) in [7, 11) is 1.63. The monoisotopic (exact) mass is 1550 g/mol. The maximum absolute atomic E-state index is 15.3. The van der Waals surface area contributed by atoms with Gasteiger partial charge in [-0.1, -0.05) is 72.2 Å². The first-order valence-corrected chi connectivity index (χ1v) is 38.6. The Hall–Kier alpha value is -8.96. The molecule has 0 aliphatic carbocycles. The first kappa shape index (κ1) is 88.7. The normalized spacial score (nSPS) is 24.8. The van der Waals surface area contributed by atoms with Crippen molar-refractivity contribution in [3.63, 3.8) is 0 Å². The molecule has 4 aliphatic rings. The average Bonchev–Trinajstić information content (AvgIpc) is 1.69. The molecule has 1 aromatic carbocycles. The van der Waals surface area contributed by atoms with E-state index in [1.54, 1.807) is 44.2 Å². The fourth-order valence-corrected chi connectivity index (χ4v) is 15.0. The molecular formula is C67H107N19O19S2. The second-order valence-electron chi connectivity index (χ2n) is 26.8. The lowest BCUT2D eigenvalue weighted by Crippen LogP contribution is -2.62. The Morgan fingerprint density at radius 3 is 1.79 bits per heavy atom. The number of aliphatic carboxylic acids is 2. The maximum Gasteiger partial charge on any atom is 0.326 e. The highest BCUT2D eigenvalue weighted by Gasteiger charge is 2.47. The minimum Gasteiger partial charge on any atom is -0.481 e. The highest BCUT2D eigenvalue weighted by atomic mass is 33.1. The molecule has 5 rings (SSSR count). The lowest BCUT2D eigenvalue weighted by molar-refractivity contribution is -0.149. The third kappa shape index (κ3) is 27.3. The number of nitrogens with one attached hydrogen (secondary N) is 10. The molecule has 0 unspecified atom stereocenters. The molecule has 1 aromatic rings. The molecule has 0 radical (unpaired) electrons. The van der Waals surface area contributed by atoms with Crippen LogP contribution in [-0.2, 0) is 78.3 Å². The number of aliphatic hydroxyl groups is 2. The second kappa shape index (κ2) is 45.0. The molecule has 0 spiro atoms. The van der Waals surface area contributed by atoms with Gasteiger partial charge in [-0.25, -0.2) is 4.79 Å². The van der Waals surface area contributed by atoms with Crippen LogP contribution in [0.25, 0.3) is 0 Å². The lowest BCUT2D eigenvalue weighted by Gasteiger charge is -2.35. The van der Waals surface area contributed by atoms with E-state index in [4.69, 9.17) is 28.7 Å². The van der Waals surface area contributed by atoms with Gasteiger partial charge in [-0.15, -0.1) is 0 Å². The van der Waals surface area contributed by atoms with Crippen LogP contribution < -0.4 is 81.8 Å². The van der Waals surface area contributed by atoms with Gasteiger partial charge in [-0.3, -0.25) is 72.1 Å². The summed E-state index contributed by atoms with van der Waals surface area (Å²) in [6.07, 6.45) is -0.688. The van der Waals surface area contributed by atoms with Gasteiger partial charge in [0.25, 0.3) is 0 Å². The maximum atomic E-state index is 15.3. The highest BCUT2D eigenvalue weighted by Crippen LogP contribution is 2.29. The Labute approximate surface area is 627 Å². The molecule has 24 N–H and O–H groups in total. The number of carbonyl (C=O) groups is 15. The number of fused-ring (bicyclic) bond motifs is 2. The number of nitrogens with zero attached hydrogens (tertiary/aromatic N) is 4. The number of amides is 13. The summed E-state index contributed by atoms with van der Waals surface area (Å²) in [5, 5.41) is 66.7. The van der Waals surface area contributed by atoms with Gasteiger partial charge < -0.3 is 117 Å². The third-order valence-electron chi connectivity index (χ3n) is 18.8. The minimum atomic E-state index is -1.93. The van der Waals surface area contributed by atoms with E-state index in [2.05, 4.69) is 58.2 Å². The van der Waals surface area contributed by atoms with E-state index in [1.165, 1.54) is 9.80 Å². The van der Waals surface area contributed by atoms with Gasteiger partial charge >= 0.3 is 11.9 Å². The number of benzene rings is 1. The van der Waals surface area contributed by atoms with Crippen LogP contribution in [0.3, 0.4) is 0 Å². The molecule has 4 aliphatic heterocycles. The first-order valence-electron chi connectivity index (χ1n) is 36.1. The number of unbranched alkanes of at least 4 members (excludes halogenated alkanes) is 2. The molecule has 107 heavy (non-hydrogen) atoms. The minimum absolute atomic E-state index is 0.00796. The van der Waals surface area contributed by atoms with Gasteiger partial charge in [-0.05, 0) is 121 Å². The number of hydrogen-bond acceptors (Lipinski definition) is 23. The zero-order chi connectivity index (χ0) is 79.0. The van der Waals surface area contributed by atoms with Crippen molar-refractivity contribution in [1.82, 2.24) is 67.9 Å². The molecule has 596 valence electrons. The smallest absolute Gasteiger partial charge is 0.326 e. The van der Waals surface area contributed by atoms with Crippen LogP contribution >= 0.6 is 21.6 Å². The number of carbonyl (C=O) groups excluding carboxylic acids is 13. The SMILES string of the molecule is CC[C@H](C)[C@@H]1NC(=O)[C@H](CO)NC(=O)[C@H](CCCCN)NC(=O)[C@H]([C@@H](C)O)NC(=O)[C@@H](NC(=O)[C@H](CCCN=C(N)N)NC(=O)CN)CSSC[C@@H](C(=O)N[C@@H](Cc2ccccc2)C(=O)N2CCC[C@H]2C(=O)N[C@@H](CC(=O)O)C(=O)O)NC(=O)[C@H](CCCCN)NC(=O)[C@@H]2CCCN2C(=O)[C@@H]2CCCN2C1=O. The molecule has 4 saturated heterocycles. The molecule has 13 amide bonds. The molecule has 38 nitrogen and oxygen atoms in total. The van der Waals surface area contributed by atoms with E-state index in [0.717, 1.165) is 33.4 Å². The van der Waals surface area contributed by atoms with E-state index in [-0.39, 0.29) is 116 Å². The van der Waals surface area contributed by atoms with Crippen LogP contribution in [-0.4, -0.2) is 278 Å². The van der Waals surface area contributed by atoms with E-state index < -0.39 is 210 Å². The molecule has 0 bridgehead atoms. The molecule has 0 aromatic heterocycles. The number of hydrogen-bond donors (Lipinski definition) is 19. The molecule has 15 atom stereocenters. The zero-order valence-corrected chi connectivity index (χ0v) is 62.2. The van der Waals surface area contributed by atoms with Crippen LogP contribution in [0.2, 0.25) is 0 Å². The van der Waals surface area contributed by atoms with Crippen molar-refractivity contribution in [2.75, 3.05) is 63.9 Å². The summed E-state index contributed by atoms with van der Waals surface area (Å²) < 4.78 is 0. The number of carboxylic acids is 2. The average molecular weight is 1550 g/mol. The van der Waals surface area contributed by atoms with E-state index in [0.29, 0.717) is 37.7 Å². The van der Waals surface area contributed by atoms with Gasteiger partial charge in [0.05, 0.1) is 25.7 Å². The summed E-state index contributed by atoms with van der Waals surface area (Å²) in [6, 6.07) is -11.7. The van der Waals surface area contributed by atoms with Crippen LogP contribution in [0.4, 0.5) is 0 Å². The number of guanidine groups is 1. The van der Waals surface area contributed by atoms with Crippen LogP contribution in [0, 0.1) is 5.92 Å². The second-order valence-corrected chi connectivity index (χ2v) is 29.4. The van der Waals surface area contributed by atoms with Crippen molar-refractivity contribution in [1.29, 1.82) is 0 Å². The van der Waals surface area contributed by atoms with Crippen molar-refractivity contribution in [2.24, 2.45) is 39.6 Å². The Morgan fingerprint density at radius 1 is 0.626 bits per heavy atom. The quantitative estimate of drug-likeness (QED) is 0.0147. The molecule has 4 heterocycles. The van der Waals surface area contributed by atoms with E-state index in [9.17, 15) is 78.0 Å². The van der Waals surface area contributed by atoms with Crippen LogP contribution in [0.1, 0.15) is 129 Å². The van der Waals surface area contributed by atoms with E-state index in [1.807, 2.05) is 0 Å². The number of nitrogens with two attached hydrogens (primary N) is 5. The summed E-state index contributed by atoms with van der Waals surface area (Å²) in [4.78, 5) is 220. The Kier molecular flexibility index (Phi) is 37.3. The Bertz CT molecular complexity index is 3290. The first-order chi connectivity index (χ1) is 51.0. The fourth-order valence-electron chi connectivity index (χ4n) is 12.7. The van der Waals surface area contributed by atoms with Crippen molar-refractivity contribution < 1.29 is 92.3 Å². The van der Waals surface area contributed by atoms with Crippen molar-refractivity contribution in [2.45, 2.75) is 215 Å². The van der Waals surface area contributed by atoms with Gasteiger partial charge in [0.1, 0.15) is 78.5 Å². The predicted octanol–water partition coefficient (Wildman–Crippen LogP) is -6.31. The largest absolute Gasteiger partial charge is 0.481 e. The van der Waals surface area contributed by atoms with Gasteiger partial charge in [0.2, 0.25) is 76.8 Å². The highest BCUT2D eigenvalue weighted by molar-refractivity contribution is 8.76. The summed E-state index contributed by atoms with van der Waals surface area (Å²) in [6.45, 7) is 3.29. The fraction of sp³-hybridized carbons (Fsp3) is 0.672. The number of likely N-dealkylation sites (tertiary alicyclic amines) is 1. The Balaban J connectivity index is 1.65. The van der Waals surface area contributed by atoms with Crippen LogP contribution in [0.15, 0.2) is 35.3 Å². The number of aliphatic hydroxyl groups excluding tert-OH is 2. The number of rotatable bonds is 30. The molecule has 40 heteroatoms. The van der Waals surface area contributed by atoms with Gasteiger partial charge in [0.15, 0.2) is 5.96 Å². The zero-order valence-electron chi connectivity index (χ0n) is 60.5. The molecule has 0 saturated carbocycles. The molecular weight excluding hydrogens is 1440 g/mol. The Morgan fingerprint density at radius 2 is 1.20 bits per heavy atom. The summed E-state index contributed by atoms with van der Waals surface area (Å²) in [5.74, 6) is -17.0. The number of aliphatic imine (C=N–C) groups is 1. The predicted molar refractivity (Wildman–Crippen MR) is 391 cm³/mol. The molecule has 4 fully saturated rings. The van der Waals surface area contributed by atoms with E-state index >= 15 is 14.4 Å². The van der Waals surface area contributed by atoms with Gasteiger partial charge in [-0.2, -0.15) is 0 Å². The summed E-state index contributed by atoms with van der Waals surface area (Å²) >= 11 is 0. The van der Waals surface area contributed by atoms with Crippen LogP contribution in [0.5, 0.6) is 0 Å². The topological polar surface area (TPSA) is 609 Å². The van der Waals surface area contributed by atoms with Crippen molar-refractivity contribution in [3.05, 3.63) is 35.9 Å². The standard InChI is InChI=1S/C67H107N19O19S2/c1-4-36(2)52-65(103)86-29-15-23-49(86)64(102)85-28-14-22-48(85)60(98)75-40(18-8-10-24-68)56(94)80-45(58(96)77-42(30-38-16-6-5-7-17-38)63(101)84-27-13-21-47(84)61(99)78-43(66(104)105)31-51(90)91)34-106-107-35-46(81-54(92)39(74-50(89)32-70)20-12-26-73-67(71)72)59(97)83-53(37(3)88)62(100)76-41(19-9-11-25-69)55(93)79-44(33-87)57(95)82-52/h5-7,16-17,36-37,39-49,52-53,87-88H,4,8-15,18-35,68-70H2,1-3H3,(H,74,89)(H,75,98)(H,76,100)(H,77,96)(H,78,99)(H,79,93)(H,80,94)(H,81,92)(H,82,95)(H,83,97)(H,90,91)(H,104,105)(H4,71,72,73)/t36-,37+,39-,40-,41-,42-,43-,44-,45-,46-,47-,48-,49-,52-,53-/m0/s1.